The zero-order valence-corrected chi connectivity index (χ0v) is 14.0. The van der Waals surface area contributed by atoms with E-state index in [4.69, 9.17) is 4.74 Å². The lowest BCUT2D eigenvalue weighted by molar-refractivity contribution is -0.491. The predicted octanol–water partition coefficient (Wildman–Crippen LogP) is 2.73. The Hall–Kier alpha value is -2.87. The van der Waals surface area contributed by atoms with Gasteiger partial charge in [0.1, 0.15) is 0 Å². The molecule has 26 heavy (non-hydrogen) atoms. The molecular weight excluding hydrogens is 347 g/mol. The molecule has 0 fully saturated rings. The highest BCUT2D eigenvalue weighted by Gasteiger charge is 2.30. The minimum absolute atomic E-state index is 0.161. The Labute approximate surface area is 147 Å². The number of H-pyrrole nitrogens is 1. The molecule has 0 radical (unpaired) electrons. The van der Waals surface area contributed by atoms with E-state index >= 15 is 0 Å². The van der Waals surface area contributed by atoms with Crippen LogP contribution in [0, 0.1) is 0 Å². The Balaban J connectivity index is 1.76. The maximum absolute atomic E-state index is 12.7. The molecule has 0 bridgehead atoms. The van der Waals surface area contributed by atoms with Crippen molar-refractivity contribution in [2.45, 2.75) is 19.4 Å². The first-order valence-electron chi connectivity index (χ1n) is 7.85. The van der Waals surface area contributed by atoms with Gasteiger partial charge >= 0.3 is 17.7 Å². The van der Waals surface area contributed by atoms with Crippen molar-refractivity contribution in [1.29, 1.82) is 0 Å². The van der Waals surface area contributed by atoms with Gasteiger partial charge < -0.3 is 4.74 Å². The van der Waals surface area contributed by atoms with Gasteiger partial charge in [-0.2, -0.15) is 22.8 Å². The molecule has 0 aliphatic heterocycles. The van der Waals surface area contributed by atoms with Crippen LogP contribution < -0.4 is 10.8 Å². The average molecular weight is 364 g/mol. The monoisotopic (exact) mass is 364 g/mol. The third kappa shape index (κ3) is 3.85. The van der Waals surface area contributed by atoms with Crippen LogP contribution >= 0.6 is 0 Å². The summed E-state index contributed by atoms with van der Waals surface area (Å²) in [5, 5.41) is 2.87. The molecular formula is C18H17F3N3O2+. The van der Waals surface area contributed by atoms with E-state index in [1.807, 2.05) is 30.3 Å². The van der Waals surface area contributed by atoms with E-state index in [1.54, 1.807) is 7.05 Å². The molecule has 3 aromatic rings. The van der Waals surface area contributed by atoms with Crippen LogP contribution in [-0.4, -0.2) is 9.25 Å². The lowest BCUT2D eigenvalue weighted by Crippen LogP contribution is -2.28. The van der Waals surface area contributed by atoms with Gasteiger partial charge in [-0.15, -0.1) is 4.68 Å². The first-order chi connectivity index (χ1) is 12.4. The molecule has 1 heterocycles. The molecule has 0 aliphatic carbocycles. The predicted molar refractivity (Wildman–Crippen MR) is 87.5 cm³/mol. The van der Waals surface area contributed by atoms with Crippen molar-refractivity contribution < 1.29 is 23.0 Å². The lowest BCUT2D eigenvalue weighted by Gasteiger charge is -2.06. The summed E-state index contributed by atoms with van der Waals surface area (Å²) >= 11 is 0. The van der Waals surface area contributed by atoms with Crippen LogP contribution in [0.15, 0.2) is 59.4 Å². The number of nitrogens with one attached hydrogen (secondary N) is 1. The zero-order valence-electron chi connectivity index (χ0n) is 14.0. The maximum Gasteiger partial charge on any atom is 0.451 e. The molecule has 0 saturated heterocycles. The molecule has 0 atom stereocenters. The van der Waals surface area contributed by atoms with E-state index in [1.165, 1.54) is 21.4 Å². The fraction of sp³-hybridized carbons (Fsp3) is 0.222. The zero-order chi connectivity index (χ0) is 18.7. The summed E-state index contributed by atoms with van der Waals surface area (Å²) in [5.74, 6) is 0.505. The van der Waals surface area contributed by atoms with E-state index in [9.17, 15) is 18.0 Å². The first-order valence-corrected chi connectivity index (χ1v) is 7.85. The van der Waals surface area contributed by atoms with Crippen molar-refractivity contribution in [3.63, 3.8) is 0 Å². The van der Waals surface area contributed by atoms with E-state index in [0.717, 1.165) is 17.7 Å². The van der Waals surface area contributed by atoms with Crippen LogP contribution in [-0.2, 0) is 31.2 Å². The van der Waals surface area contributed by atoms with Crippen LogP contribution in [0.1, 0.15) is 17.0 Å². The Morgan fingerprint density at radius 2 is 1.65 bits per heavy atom. The van der Waals surface area contributed by atoms with Crippen LogP contribution in [0.3, 0.4) is 0 Å². The lowest BCUT2D eigenvalue weighted by atomic mass is 10.2. The van der Waals surface area contributed by atoms with Gasteiger partial charge in [0.25, 0.3) is 0 Å². The maximum atomic E-state index is 12.7. The van der Waals surface area contributed by atoms with Gasteiger partial charge in [-0.1, -0.05) is 30.3 Å². The van der Waals surface area contributed by atoms with Gasteiger partial charge in [-0.3, -0.25) is 0 Å². The number of alkyl halides is 3. The molecule has 0 spiro atoms. The summed E-state index contributed by atoms with van der Waals surface area (Å²) in [6.45, 7) is 0.544. The molecule has 0 amide bonds. The molecule has 0 aliphatic rings. The number of hydrogen-bond acceptors (Lipinski definition) is 2. The summed E-state index contributed by atoms with van der Waals surface area (Å²) in [5.41, 5.74) is 0.146. The normalized spacial score (nSPS) is 11.7. The summed E-state index contributed by atoms with van der Waals surface area (Å²) < 4.78 is 46.1. The number of hydrogen-bond donors (Lipinski definition) is 0. The van der Waals surface area contributed by atoms with Crippen LogP contribution in [0.5, 0.6) is 0 Å². The number of rotatable bonds is 5. The quantitative estimate of drug-likeness (QED) is 0.699. The van der Waals surface area contributed by atoms with Crippen molar-refractivity contribution in [1.82, 2.24) is 9.25 Å². The molecule has 3 rings (SSSR count). The second-order valence-electron chi connectivity index (χ2n) is 5.76. The molecule has 0 saturated carbocycles. The minimum atomic E-state index is -4.42. The summed E-state index contributed by atoms with van der Waals surface area (Å²) in [7, 11) is 1.57. The number of halogens is 3. The summed E-state index contributed by atoms with van der Waals surface area (Å²) in [6.07, 6.45) is -4.42. The Morgan fingerprint density at radius 3 is 2.27 bits per heavy atom. The van der Waals surface area contributed by atoms with Crippen LogP contribution in [0.4, 0.5) is 13.2 Å². The number of ether oxygens (including phenoxy) is 1. The molecule has 5 nitrogen and oxygen atoms in total. The van der Waals surface area contributed by atoms with Gasteiger partial charge in [-0.25, -0.2) is 4.79 Å². The number of aromatic nitrogens is 3. The Bertz CT molecular complexity index is 929. The van der Waals surface area contributed by atoms with E-state index in [0.29, 0.717) is 18.1 Å². The number of benzene rings is 2. The minimum Gasteiger partial charge on any atom is -0.364 e. The van der Waals surface area contributed by atoms with E-state index < -0.39 is 17.4 Å². The standard InChI is InChI=1S/C18H16F3N3O2/c1-23-16(12-26-11-13-5-3-2-4-6-13)22-24(17(23)25)15-9-7-14(8-10-15)18(19,20)21/h2-10H,11-12H2,1H3/p+1. The molecule has 0 unspecified atom stereocenters. The first kappa shape index (κ1) is 17.9. The SMILES string of the molecule is Cn1c(COCc2ccccc2)[nH+]n(-c2ccc(C(F)(F)F)cc2)c1=O. The average Bonchev–Trinajstić information content (AvgIpc) is 2.91. The second-order valence-corrected chi connectivity index (χ2v) is 5.76. The second kappa shape index (κ2) is 7.17. The van der Waals surface area contributed by atoms with E-state index in [2.05, 4.69) is 5.10 Å². The summed E-state index contributed by atoms with van der Waals surface area (Å²) in [6, 6.07) is 13.9. The van der Waals surface area contributed by atoms with Gasteiger partial charge in [-0.05, 0) is 29.8 Å². The van der Waals surface area contributed by atoms with Gasteiger partial charge in [0, 0.05) is 0 Å². The molecule has 2 aromatic carbocycles. The third-order valence-corrected chi connectivity index (χ3v) is 3.93. The van der Waals surface area contributed by atoms with Crippen molar-refractivity contribution in [3.05, 3.63) is 82.0 Å². The Morgan fingerprint density at radius 1 is 1.00 bits per heavy atom. The number of nitrogens with zero attached hydrogens (tertiary/aromatic N) is 2. The van der Waals surface area contributed by atoms with Crippen molar-refractivity contribution in [2.24, 2.45) is 7.05 Å². The van der Waals surface area contributed by atoms with Gasteiger partial charge in [0.2, 0.25) is 0 Å². The smallest absolute Gasteiger partial charge is 0.364 e. The van der Waals surface area contributed by atoms with Crippen molar-refractivity contribution in [2.75, 3.05) is 0 Å². The topological polar surface area (TPSA) is 50.3 Å². The highest BCUT2D eigenvalue weighted by Crippen LogP contribution is 2.29. The Kier molecular flexibility index (Phi) is 4.94. The van der Waals surface area contributed by atoms with Crippen LogP contribution in [0.25, 0.3) is 5.69 Å². The summed E-state index contributed by atoms with van der Waals surface area (Å²) in [4.78, 5) is 12.3. The number of aromatic amines is 1. The van der Waals surface area contributed by atoms with Crippen LogP contribution in [0.2, 0.25) is 0 Å². The largest absolute Gasteiger partial charge is 0.451 e. The third-order valence-electron chi connectivity index (χ3n) is 3.93. The van der Waals surface area contributed by atoms with Crippen molar-refractivity contribution >= 4 is 0 Å². The fourth-order valence-corrected chi connectivity index (χ4v) is 2.46. The van der Waals surface area contributed by atoms with Crippen molar-refractivity contribution in [3.8, 4) is 5.69 Å². The molecule has 1 aromatic heterocycles. The van der Waals surface area contributed by atoms with E-state index in [-0.39, 0.29) is 6.61 Å². The molecule has 8 heteroatoms. The highest BCUT2D eigenvalue weighted by molar-refractivity contribution is 5.33. The van der Waals surface area contributed by atoms with Gasteiger partial charge in [0.15, 0.2) is 6.61 Å². The highest BCUT2D eigenvalue weighted by atomic mass is 19.4. The van der Waals surface area contributed by atoms with Gasteiger partial charge in [0.05, 0.1) is 24.9 Å². The molecule has 136 valence electrons. The molecule has 1 N–H and O–H groups in total. The fourth-order valence-electron chi connectivity index (χ4n) is 2.46.